The lowest BCUT2D eigenvalue weighted by Crippen LogP contribution is -2.46. The van der Waals surface area contributed by atoms with Crippen molar-refractivity contribution >= 4 is 17.8 Å². The van der Waals surface area contributed by atoms with Crippen LogP contribution < -0.4 is 10.6 Å². The van der Waals surface area contributed by atoms with Gasteiger partial charge in [0.05, 0.1) is 19.2 Å². The average Bonchev–Trinajstić information content (AvgIpc) is 2.63. The lowest BCUT2D eigenvalue weighted by Gasteiger charge is -2.30. The van der Waals surface area contributed by atoms with Crippen molar-refractivity contribution < 1.29 is 19.1 Å². The van der Waals surface area contributed by atoms with E-state index in [1.165, 1.54) is 0 Å². The number of piperidine rings is 1. The van der Waals surface area contributed by atoms with E-state index in [-0.39, 0.29) is 42.2 Å². The van der Waals surface area contributed by atoms with Gasteiger partial charge in [0.15, 0.2) is 0 Å². The summed E-state index contributed by atoms with van der Waals surface area (Å²) in [5, 5.41) is 5.97. The van der Waals surface area contributed by atoms with Crippen molar-refractivity contribution in [3.8, 4) is 0 Å². The smallest absolute Gasteiger partial charge is 0.333 e. The highest BCUT2D eigenvalue weighted by Gasteiger charge is 2.25. The van der Waals surface area contributed by atoms with Crippen molar-refractivity contribution in [3.63, 3.8) is 0 Å². The molecule has 0 bridgehead atoms. The van der Waals surface area contributed by atoms with Crippen molar-refractivity contribution in [2.24, 2.45) is 11.8 Å². The summed E-state index contributed by atoms with van der Waals surface area (Å²) in [4.78, 5) is 38.1. The number of amides is 2. The van der Waals surface area contributed by atoms with Crippen LogP contribution in [0.4, 0.5) is 0 Å². The minimum Gasteiger partial charge on any atom is -0.463 e. The second kappa shape index (κ2) is 11.0. The molecule has 2 amide bonds. The van der Waals surface area contributed by atoms with E-state index in [1.54, 1.807) is 31.9 Å². The minimum atomic E-state index is -0.377. The lowest BCUT2D eigenvalue weighted by atomic mass is 9.97. The van der Waals surface area contributed by atoms with Crippen molar-refractivity contribution in [3.05, 3.63) is 11.6 Å². The van der Waals surface area contributed by atoms with E-state index >= 15 is 0 Å². The first-order valence-electron chi connectivity index (χ1n) is 9.37. The zero-order valence-electron chi connectivity index (χ0n) is 16.6. The number of nitrogens with zero attached hydrogens (tertiary/aromatic N) is 1. The summed E-state index contributed by atoms with van der Waals surface area (Å²) in [7, 11) is 1.69. The monoisotopic (exact) mass is 367 g/mol. The van der Waals surface area contributed by atoms with Gasteiger partial charge in [-0.2, -0.15) is 0 Å². The van der Waals surface area contributed by atoms with Crippen molar-refractivity contribution in [1.29, 1.82) is 0 Å². The molecule has 0 aromatic rings. The summed E-state index contributed by atoms with van der Waals surface area (Å²) in [6.45, 7) is 9.35. The van der Waals surface area contributed by atoms with E-state index in [2.05, 4.69) is 10.6 Å². The van der Waals surface area contributed by atoms with Crippen LogP contribution in [-0.4, -0.2) is 62.0 Å². The maximum atomic E-state index is 12.5. The number of nitrogens with one attached hydrogen (secondary N) is 2. The number of carbonyl (C=O) groups is 3. The Bertz CT molecular complexity index is 525. The Balaban J connectivity index is 2.65. The first-order valence-corrected chi connectivity index (χ1v) is 9.37. The highest BCUT2D eigenvalue weighted by atomic mass is 16.5. The fourth-order valence-electron chi connectivity index (χ4n) is 3.00. The molecule has 7 heteroatoms. The topological polar surface area (TPSA) is 87.7 Å². The molecule has 0 radical (unpaired) electrons. The number of ether oxygens (including phenoxy) is 1. The van der Waals surface area contributed by atoms with Gasteiger partial charge in [0.2, 0.25) is 11.8 Å². The Morgan fingerprint density at radius 1 is 1.27 bits per heavy atom. The van der Waals surface area contributed by atoms with E-state index in [9.17, 15) is 14.4 Å². The fraction of sp³-hybridized carbons (Fsp3) is 0.737. The summed E-state index contributed by atoms with van der Waals surface area (Å²) in [5.74, 6) is -0.528. The third-order valence-electron chi connectivity index (χ3n) is 4.67. The van der Waals surface area contributed by atoms with Crippen LogP contribution in [0.5, 0.6) is 0 Å². The number of hydrogen-bond acceptors (Lipinski definition) is 5. The summed E-state index contributed by atoms with van der Waals surface area (Å²) < 4.78 is 5.00. The van der Waals surface area contributed by atoms with Gasteiger partial charge in [0.1, 0.15) is 0 Å². The summed E-state index contributed by atoms with van der Waals surface area (Å²) in [6, 6.07) is -0.248. The Labute approximate surface area is 156 Å². The van der Waals surface area contributed by atoms with Gasteiger partial charge in [0.25, 0.3) is 0 Å². The molecule has 0 saturated carbocycles. The normalized spacial score (nSPS) is 16.9. The van der Waals surface area contributed by atoms with E-state index < -0.39 is 0 Å². The molecule has 7 nitrogen and oxygen atoms in total. The molecule has 1 atom stereocenters. The average molecular weight is 367 g/mol. The van der Waals surface area contributed by atoms with Gasteiger partial charge in [-0.25, -0.2) is 4.79 Å². The standard InChI is InChI=1S/C19H33N3O4/c1-6-26-19(25)14(4)11-16(13(2)3)22(5)17(23)12-21-18(24)15-7-9-20-10-8-15/h11,13,15-16,20H,6-10,12H2,1-5H3,(H,21,24)/t16-/m1/s1. The van der Waals surface area contributed by atoms with Gasteiger partial charge in [-0.1, -0.05) is 19.9 Å². The van der Waals surface area contributed by atoms with Gasteiger partial charge in [-0.15, -0.1) is 0 Å². The molecule has 0 aromatic carbocycles. The molecule has 1 heterocycles. The molecule has 0 unspecified atom stereocenters. The molecule has 148 valence electrons. The van der Waals surface area contributed by atoms with Crippen LogP contribution in [0.2, 0.25) is 0 Å². The molecule has 1 aliphatic rings. The van der Waals surface area contributed by atoms with E-state index in [1.807, 2.05) is 13.8 Å². The molecule has 1 fully saturated rings. The third-order valence-corrected chi connectivity index (χ3v) is 4.67. The SMILES string of the molecule is CCOC(=O)C(C)=C[C@H](C(C)C)N(C)C(=O)CNC(=O)C1CCNCC1. The van der Waals surface area contributed by atoms with Crippen LogP contribution in [-0.2, 0) is 19.1 Å². The van der Waals surface area contributed by atoms with Gasteiger partial charge < -0.3 is 20.3 Å². The fourth-order valence-corrected chi connectivity index (χ4v) is 3.00. The molecule has 0 aromatic heterocycles. The Kier molecular flexibility index (Phi) is 9.34. The van der Waals surface area contributed by atoms with Crippen LogP contribution >= 0.6 is 0 Å². The van der Waals surface area contributed by atoms with Crippen LogP contribution in [0.3, 0.4) is 0 Å². The van der Waals surface area contributed by atoms with Crippen LogP contribution in [0, 0.1) is 11.8 Å². The molecule has 0 spiro atoms. The van der Waals surface area contributed by atoms with Crippen molar-refractivity contribution in [1.82, 2.24) is 15.5 Å². The second-order valence-electron chi connectivity index (χ2n) is 7.05. The number of likely N-dealkylation sites (N-methyl/N-ethyl adjacent to an activating group) is 1. The maximum absolute atomic E-state index is 12.5. The molecular formula is C19H33N3O4. The molecule has 1 rings (SSSR count). The van der Waals surface area contributed by atoms with Gasteiger partial charge in [-0.05, 0) is 45.7 Å². The summed E-state index contributed by atoms with van der Waals surface area (Å²) in [6.07, 6.45) is 3.35. The molecule has 26 heavy (non-hydrogen) atoms. The second-order valence-corrected chi connectivity index (χ2v) is 7.05. The van der Waals surface area contributed by atoms with E-state index in [0.29, 0.717) is 12.2 Å². The first-order chi connectivity index (χ1) is 12.3. The van der Waals surface area contributed by atoms with Crippen molar-refractivity contribution in [2.45, 2.75) is 46.6 Å². The van der Waals surface area contributed by atoms with Gasteiger partial charge in [0, 0.05) is 18.5 Å². The quantitative estimate of drug-likeness (QED) is 0.495. The molecule has 2 N–H and O–H groups in total. The minimum absolute atomic E-state index is 0.0267. The summed E-state index contributed by atoms with van der Waals surface area (Å²) >= 11 is 0. The van der Waals surface area contributed by atoms with Gasteiger partial charge >= 0.3 is 5.97 Å². The zero-order valence-corrected chi connectivity index (χ0v) is 16.6. The molecule has 1 saturated heterocycles. The predicted molar refractivity (Wildman–Crippen MR) is 100 cm³/mol. The molecular weight excluding hydrogens is 334 g/mol. The van der Waals surface area contributed by atoms with Crippen molar-refractivity contribution in [2.75, 3.05) is 33.3 Å². The number of esters is 1. The Morgan fingerprint density at radius 2 is 1.88 bits per heavy atom. The third kappa shape index (κ3) is 6.78. The lowest BCUT2D eigenvalue weighted by molar-refractivity contribution is -0.138. The zero-order chi connectivity index (χ0) is 19.7. The van der Waals surface area contributed by atoms with Crippen LogP contribution in [0.15, 0.2) is 11.6 Å². The van der Waals surface area contributed by atoms with E-state index in [0.717, 1.165) is 25.9 Å². The Morgan fingerprint density at radius 3 is 2.42 bits per heavy atom. The number of rotatable bonds is 8. The van der Waals surface area contributed by atoms with Crippen LogP contribution in [0.25, 0.3) is 0 Å². The highest BCUT2D eigenvalue weighted by Crippen LogP contribution is 2.15. The van der Waals surface area contributed by atoms with E-state index in [4.69, 9.17) is 4.74 Å². The largest absolute Gasteiger partial charge is 0.463 e. The maximum Gasteiger partial charge on any atom is 0.333 e. The highest BCUT2D eigenvalue weighted by molar-refractivity contribution is 5.88. The predicted octanol–water partition coefficient (Wildman–Crippen LogP) is 1.09. The van der Waals surface area contributed by atoms with Crippen LogP contribution in [0.1, 0.15) is 40.5 Å². The first kappa shape index (κ1) is 22.2. The summed E-state index contributed by atoms with van der Waals surface area (Å²) in [5.41, 5.74) is 0.476. The molecule has 1 aliphatic heterocycles. The number of hydrogen-bond donors (Lipinski definition) is 2. The Hall–Kier alpha value is -1.89. The molecule has 0 aliphatic carbocycles. The van der Waals surface area contributed by atoms with Gasteiger partial charge in [-0.3, -0.25) is 9.59 Å². The number of carbonyl (C=O) groups excluding carboxylic acids is 3.